The van der Waals surface area contributed by atoms with Gasteiger partial charge in [0.15, 0.2) is 0 Å². The van der Waals surface area contributed by atoms with Crippen molar-refractivity contribution < 1.29 is 47.0 Å². The number of carbonyl (C=O) groups excluding carboxylic acids is 4. The first-order valence-electron chi connectivity index (χ1n) is 28.8. The maximum atomic E-state index is 13.8. The molecule has 6 heterocycles. The van der Waals surface area contributed by atoms with Crippen LogP contribution in [0.1, 0.15) is 73.8 Å². The summed E-state index contributed by atoms with van der Waals surface area (Å²) in [5.41, 5.74) is 7.16. The van der Waals surface area contributed by atoms with Gasteiger partial charge in [0.05, 0.1) is 34.6 Å². The highest BCUT2D eigenvalue weighted by molar-refractivity contribution is 7.86. The summed E-state index contributed by atoms with van der Waals surface area (Å²) in [6.07, 6.45) is 1.95. The van der Waals surface area contributed by atoms with Crippen molar-refractivity contribution in [2.75, 3.05) is 103 Å². The van der Waals surface area contributed by atoms with Gasteiger partial charge in [0.25, 0.3) is 22.0 Å². The highest BCUT2D eigenvalue weighted by Crippen LogP contribution is 2.39. The lowest BCUT2D eigenvalue weighted by Crippen LogP contribution is -2.54. The maximum absolute atomic E-state index is 13.8. The molecule has 4 aliphatic heterocycles. The number of nitrogens with one attached hydrogen (secondary N) is 2. The van der Waals surface area contributed by atoms with Crippen molar-refractivity contribution in [3.63, 3.8) is 0 Å². The van der Waals surface area contributed by atoms with Crippen molar-refractivity contribution >= 4 is 72.9 Å². The minimum atomic E-state index is -3.48. The van der Waals surface area contributed by atoms with E-state index in [1.54, 1.807) is 32.3 Å². The molecule has 4 aliphatic rings. The van der Waals surface area contributed by atoms with E-state index in [1.165, 1.54) is 8.61 Å². The summed E-state index contributed by atoms with van der Waals surface area (Å²) in [7, 11) is 1.51. The normalized spacial score (nSPS) is 17.4. The number of rotatable bonds is 22. The van der Waals surface area contributed by atoms with Crippen molar-refractivity contribution in [1.82, 2.24) is 43.0 Å². The number of aromatic nitrogens is 3. The molecule has 0 saturated carbocycles. The van der Waals surface area contributed by atoms with Gasteiger partial charge in [0.2, 0.25) is 11.8 Å². The SMILES string of the molecule is Cc1nn(C)c(COc2ccc(N3CCN(S(=O)(=O)N(C)C)CC3)cc2)c1-c1cccc2c(CCCOc3cccc4ccccc34)c(C(=O)O)n(CCN3CCN(CCCNc4cccc5c4C(=O)N(C4CCC(=O)NC4=O)C5=O)CC3)c12. The van der Waals surface area contributed by atoms with Gasteiger partial charge in [-0.25, -0.2) is 4.79 Å². The summed E-state index contributed by atoms with van der Waals surface area (Å²) in [5.74, 6) is -1.71. The zero-order chi connectivity index (χ0) is 58.8. The lowest BCUT2D eigenvalue weighted by Gasteiger charge is -2.36. The summed E-state index contributed by atoms with van der Waals surface area (Å²) in [4.78, 5) is 73.1. The number of imide groups is 2. The first kappa shape index (κ1) is 57.7. The molecule has 22 heteroatoms. The predicted octanol–water partition coefficient (Wildman–Crippen LogP) is 6.24. The molecular weight excluding hydrogens is 1090 g/mol. The second-order valence-electron chi connectivity index (χ2n) is 22.0. The number of hydrogen-bond donors (Lipinski definition) is 3. The Balaban J connectivity index is 0.780. The Morgan fingerprint density at radius 3 is 2.19 bits per heavy atom. The molecule has 1 unspecified atom stereocenters. The van der Waals surface area contributed by atoms with Crippen LogP contribution in [0.4, 0.5) is 11.4 Å². The van der Waals surface area contributed by atoms with Crippen LogP contribution >= 0.6 is 0 Å². The van der Waals surface area contributed by atoms with E-state index >= 15 is 0 Å². The zero-order valence-electron chi connectivity index (χ0n) is 47.9. The van der Waals surface area contributed by atoms with Gasteiger partial charge < -0.3 is 34.3 Å². The highest BCUT2D eigenvalue weighted by atomic mass is 32.2. The fourth-order valence-corrected chi connectivity index (χ4v) is 13.4. The van der Waals surface area contributed by atoms with E-state index in [4.69, 9.17) is 14.6 Å². The van der Waals surface area contributed by atoms with Crippen LogP contribution in [0.2, 0.25) is 0 Å². The number of aryl methyl sites for hydroxylation is 3. The van der Waals surface area contributed by atoms with Crippen molar-refractivity contribution in [3.8, 4) is 22.6 Å². The highest BCUT2D eigenvalue weighted by Gasteiger charge is 2.45. The van der Waals surface area contributed by atoms with Crippen LogP contribution in [0.5, 0.6) is 11.5 Å². The molecule has 2 aromatic heterocycles. The van der Waals surface area contributed by atoms with Crippen LogP contribution in [0.25, 0.3) is 32.8 Å². The second kappa shape index (κ2) is 24.6. The first-order valence-corrected chi connectivity index (χ1v) is 30.2. The molecule has 0 radical (unpaired) electrons. The molecule has 440 valence electrons. The Labute approximate surface area is 488 Å². The number of aromatic carboxylic acids is 1. The van der Waals surface area contributed by atoms with Gasteiger partial charge in [-0.3, -0.25) is 39.0 Å². The number of piperazine rings is 2. The molecule has 1 atom stereocenters. The Morgan fingerprint density at radius 1 is 0.762 bits per heavy atom. The lowest BCUT2D eigenvalue weighted by molar-refractivity contribution is -0.136. The number of carbonyl (C=O) groups is 5. The number of piperidine rings is 1. The first-order chi connectivity index (χ1) is 40.6. The third-order valence-corrected chi connectivity index (χ3v) is 18.7. The smallest absolute Gasteiger partial charge is 0.352 e. The van der Waals surface area contributed by atoms with Crippen LogP contribution in [0, 0.1) is 6.92 Å². The predicted molar refractivity (Wildman–Crippen MR) is 320 cm³/mol. The number of amides is 4. The molecule has 0 bridgehead atoms. The van der Waals surface area contributed by atoms with Gasteiger partial charge in [-0.1, -0.05) is 60.7 Å². The van der Waals surface area contributed by atoms with Gasteiger partial charge in [-0.05, 0) is 92.6 Å². The monoisotopic (exact) mass is 1160 g/mol. The quantitative estimate of drug-likeness (QED) is 0.0505. The number of hydrogen-bond acceptors (Lipinski definition) is 14. The summed E-state index contributed by atoms with van der Waals surface area (Å²) in [5, 5.41) is 24.7. The number of para-hydroxylation sites is 1. The number of ether oxygens (including phenoxy) is 2. The summed E-state index contributed by atoms with van der Waals surface area (Å²) < 4.78 is 44.9. The van der Waals surface area contributed by atoms with Crippen LogP contribution in [-0.2, 0) is 46.4 Å². The molecule has 3 saturated heterocycles. The van der Waals surface area contributed by atoms with Gasteiger partial charge in [0, 0.05) is 133 Å². The molecule has 7 aromatic rings. The van der Waals surface area contributed by atoms with E-state index in [0.717, 1.165) is 105 Å². The Morgan fingerprint density at radius 2 is 1.45 bits per heavy atom. The minimum Gasteiger partial charge on any atom is -0.493 e. The Bertz CT molecular complexity index is 3760. The van der Waals surface area contributed by atoms with Crippen LogP contribution in [0.3, 0.4) is 0 Å². The molecule has 21 nitrogen and oxygen atoms in total. The van der Waals surface area contributed by atoms with Gasteiger partial charge in [-0.2, -0.15) is 22.1 Å². The molecule has 11 rings (SSSR count). The number of benzene rings is 5. The zero-order valence-corrected chi connectivity index (χ0v) is 48.7. The Hall–Kier alpha value is -8.15. The number of carboxylic acid groups (broad SMARTS) is 1. The summed E-state index contributed by atoms with van der Waals surface area (Å²) in [6.45, 7) is 10.00. The van der Waals surface area contributed by atoms with Crippen LogP contribution in [-0.4, -0.2) is 180 Å². The molecule has 0 spiro atoms. The largest absolute Gasteiger partial charge is 0.493 e. The summed E-state index contributed by atoms with van der Waals surface area (Å²) in [6, 6.07) is 32.0. The van der Waals surface area contributed by atoms with Gasteiger partial charge in [-0.15, -0.1) is 0 Å². The molecular formula is C62H71N11O10S. The van der Waals surface area contributed by atoms with E-state index < -0.39 is 45.8 Å². The van der Waals surface area contributed by atoms with Crippen molar-refractivity contribution in [2.24, 2.45) is 7.05 Å². The number of nitrogens with zero attached hydrogens (tertiary/aromatic N) is 9. The molecule has 3 fully saturated rings. The van der Waals surface area contributed by atoms with Gasteiger partial charge in [0.1, 0.15) is 29.8 Å². The molecule has 0 aliphatic carbocycles. The maximum Gasteiger partial charge on any atom is 0.352 e. The molecule has 5 aromatic carbocycles. The average Bonchev–Trinajstić information content (AvgIpc) is 2.64. The lowest BCUT2D eigenvalue weighted by atomic mass is 9.98. The number of anilines is 2. The third kappa shape index (κ3) is 11.6. The van der Waals surface area contributed by atoms with E-state index in [0.29, 0.717) is 76.7 Å². The number of carboxylic acids is 1. The van der Waals surface area contributed by atoms with E-state index in [1.807, 2.05) is 90.0 Å². The number of fused-ring (bicyclic) bond motifs is 3. The fourth-order valence-electron chi connectivity index (χ4n) is 12.4. The second-order valence-corrected chi connectivity index (χ2v) is 24.2. The van der Waals surface area contributed by atoms with Crippen molar-refractivity contribution in [2.45, 2.75) is 58.2 Å². The van der Waals surface area contributed by atoms with Crippen LogP contribution < -0.4 is 25.0 Å². The van der Waals surface area contributed by atoms with Crippen LogP contribution in [0.15, 0.2) is 103 Å². The van der Waals surface area contributed by atoms with Crippen molar-refractivity contribution in [3.05, 3.63) is 137 Å². The van der Waals surface area contributed by atoms with E-state index in [-0.39, 0.29) is 36.3 Å². The topological polar surface area (TPSA) is 224 Å². The fraction of sp³-hybridized carbons (Fsp3) is 0.387. The molecule has 84 heavy (non-hydrogen) atoms. The molecule has 3 N–H and O–H groups in total. The summed E-state index contributed by atoms with van der Waals surface area (Å²) >= 11 is 0. The minimum absolute atomic E-state index is 0.0505. The third-order valence-electron chi connectivity index (χ3n) is 16.7. The van der Waals surface area contributed by atoms with E-state index in [2.05, 4.69) is 43.5 Å². The average molecular weight is 1160 g/mol. The van der Waals surface area contributed by atoms with Gasteiger partial charge >= 0.3 is 5.97 Å². The van der Waals surface area contributed by atoms with Crippen molar-refractivity contribution in [1.29, 1.82) is 0 Å². The van der Waals surface area contributed by atoms with E-state index in [9.17, 15) is 37.5 Å². The standard InChI is InChI=1S/C62H71N11O10S/c1-41-55(52(67(4)65-41)40-83-44-23-21-43(22-24-44)70-34-36-71(37-35-70)84(80,81)66(2)3)48-16-8-15-46-47(18-10-39-82-53-20-7-13-42-12-5-6-14-45(42)53)58(62(78)79)72(57(46)48)38-33-69-31-29-68(30-32-69)28-11-27-63-50-19-9-17-49-56(50)61(77)73(60(49)76)51-25-26-54(74)64-59(51)75/h5-9,12-17,19-24,51,63H,10-11,18,25-40H2,1-4H3,(H,78,79)(H,64,74,75). The molecule has 4 amide bonds. The Kier molecular flexibility index (Phi) is 16.9.